The van der Waals surface area contributed by atoms with E-state index in [9.17, 15) is 13.8 Å². The number of methoxy groups -OCH3 is 1. The molecule has 0 radical (unpaired) electrons. The Hall–Kier alpha value is -2.15. The molecule has 1 aromatic carbocycles. The fourth-order valence-corrected chi connectivity index (χ4v) is 2.49. The van der Waals surface area contributed by atoms with Crippen molar-refractivity contribution in [2.75, 3.05) is 7.11 Å². The molecular formula is C11H9NO5S. The van der Waals surface area contributed by atoms with Gasteiger partial charge in [-0.25, -0.2) is 9.00 Å². The number of H-pyrrole nitrogens is 1. The van der Waals surface area contributed by atoms with Gasteiger partial charge in [0, 0.05) is 4.90 Å². The Labute approximate surface area is 104 Å². The van der Waals surface area contributed by atoms with E-state index in [1.165, 1.54) is 0 Å². The number of aromatic amines is 1. The Bertz CT molecular complexity index is 643. The third kappa shape index (κ3) is 2.12. The molecule has 0 aliphatic heterocycles. The molecule has 0 saturated heterocycles. The van der Waals surface area contributed by atoms with Crippen LogP contribution in [0.1, 0.15) is 10.6 Å². The summed E-state index contributed by atoms with van der Waals surface area (Å²) in [7, 11) is -0.656. The summed E-state index contributed by atoms with van der Waals surface area (Å²) >= 11 is 0. The van der Waals surface area contributed by atoms with Gasteiger partial charge in [0.15, 0.2) is 4.90 Å². The van der Waals surface area contributed by atoms with Gasteiger partial charge >= 0.3 is 5.97 Å². The first kappa shape index (κ1) is 12.3. The molecule has 1 N–H and O–H groups in total. The molecule has 0 aliphatic carbocycles. The van der Waals surface area contributed by atoms with E-state index < -0.39 is 22.3 Å². The second-order valence-corrected chi connectivity index (χ2v) is 4.68. The average molecular weight is 267 g/mol. The zero-order chi connectivity index (χ0) is 13.1. The molecule has 2 aromatic rings. The molecule has 0 fully saturated rings. The predicted octanol–water partition coefficient (Wildman–Crippen LogP) is 0.921. The lowest BCUT2D eigenvalue weighted by Crippen LogP contribution is -2.12. The van der Waals surface area contributed by atoms with Gasteiger partial charge in [-0.15, -0.1) is 0 Å². The lowest BCUT2D eigenvalue weighted by atomic mass is 10.4. The Morgan fingerprint density at radius 3 is 2.61 bits per heavy atom. The number of hydrogen-bond donors (Lipinski definition) is 1. The maximum absolute atomic E-state index is 12.2. The summed E-state index contributed by atoms with van der Waals surface area (Å²) in [5, 5.41) is 1.98. The van der Waals surface area contributed by atoms with Gasteiger partial charge in [-0.05, 0) is 12.1 Å². The van der Waals surface area contributed by atoms with Gasteiger partial charge in [0.05, 0.1) is 17.9 Å². The van der Waals surface area contributed by atoms with Crippen LogP contribution < -0.4 is 5.56 Å². The van der Waals surface area contributed by atoms with Gasteiger partial charge in [-0.1, -0.05) is 18.2 Å². The molecule has 0 aliphatic rings. The van der Waals surface area contributed by atoms with Crippen molar-refractivity contribution in [2.24, 2.45) is 0 Å². The molecule has 2 rings (SSSR count). The Morgan fingerprint density at radius 1 is 1.33 bits per heavy atom. The third-order valence-electron chi connectivity index (χ3n) is 2.17. The van der Waals surface area contributed by atoms with Crippen molar-refractivity contribution >= 4 is 16.8 Å². The summed E-state index contributed by atoms with van der Waals surface area (Å²) in [6.45, 7) is 0. The smallest absolute Gasteiger partial charge is 0.378 e. The minimum Gasteiger partial charge on any atom is -0.463 e. The summed E-state index contributed by atoms with van der Waals surface area (Å²) in [6.07, 6.45) is 0. The van der Waals surface area contributed by atoms with E-state index in [0.29, 0.717) is 4.90 Å². The van der Waals surface area contributed by atoms with Crippen molar-refractivity contribution in [1.29, 1.82) is 0 Å². The molecule has 1 aromatic heterocycles. The van der Waals surface area contributed by atoms with Crippen LogP contribution in [0.2, 0.25) is 0 Å². The number of esters is 1. The first-order valence-corrected chi connectivity index (χ1v) is 6.06. The Balaban J connectivity index is 2.52. The lowest BCUT2D eigenvalue weighted by molar-refractivity contribution is 0.0549. The number of rotatable bonds is 3. The van der Waals surface area contributed by atoms with Crippen molar-refractivity contribution < 1.29 is 18.3 Å². The number of aromatic nitrogens is 1. The summed E-state index contributed by atoms with van der Waals surface area (Å²) < 4.78 is 21.3. The minimum atomic E-state index is -1.80. The highest BCUT2D eigenvalue weighted by atomic mass is 32.2. The quantitative estimate of drug-likeness (QED) is 0.835. The predicted molar refractivity (Wildman–Crippen MR) is 61.8 cm³/mol. The number of carbonyl (C=O) groups is 1. The van der Waals surface area contributed by atoms with Crippen LogP contribution in [-0.2, 0) is 15.5 Å². The molecule has 7 heteroatoms. The number of hydrogen-bond acceptors (Lipinski definition) is 5. The third-order valence-corrected chi connectivity index (χ3v) is 3.61. The molecule has 18 heavy (non-hydrogen) atoms. The minimum absolute atomic E-state index is 0.243. The van der Waals surface area contributed by atoms with Crippen LogP contribution in [-0.4, -0.2) is 22.4 Å². The molecule has 94 valence electrons. The van der Waals surface area contributed by atoms with E-state index in [2.05, 4.69) is 9.26 Å². The summed E-state index contributed by atoms with van der Waals surface area (Å²) in [4.78, 5) is 23.1. The zero-order valence-corrected chi connectivity index (χ0v) is 10.2. The SMILES string of the molecule is COC(=O)c1o[nH]c(=O)c1S(=O)c1ccccc1. The molecule has 1 atom stereocenters. The topological polar surface area (TPSA) is 89.4 Å². The van der Waals surface area contributed by atoms with Crippen LogP contribution in [0.3, 0.4) is 0 Å². The number of ether oxygens (including phenoxy) is 1. The van der Waals surface area contributed by atoms with Crippen LogP contribution in [0.5, 0.6) is 0 Å². The van der Waals surface area contributed by atoms with E-state index >= 15 is 0 Å². The monoisotopic (exact) mass is 267 g/mol. The fraction of sp³-hybridized carbons (Fsp3) is 0.0909. The number of benzene rings is 1. The molecule has 1 heterocycles. The van der Waals surface area contributed by atoms with Gasteiger partial charge in [0.2, 0.25) is 0 Å². The lowest BCUT2D eigenvalue weighted by Gasteiger charge is -1.99. The summed E-state index contributed by atoms with van der Waals surface area (Å²) in [6, 6.07) is 8.29. The first-order chi connectivity index (χ1) is 8.65. The molecule has 1 unspecified atom stereocenters. The van der Waals surface area contributed by atoms with Gasteiger partial charge in [-0.3, -0.25) is 4.79 Å². The highest BCUT2D eigenvalue weighted by Crippen LogP contribution is 2.17. The van der Waals surface area contributed by atoms with Crippen LogP contribution in [0.4, 0.5) is 0 Å². The van der Waals surface area contributed by atoms with Gasteiger partial charge in [-0.2, -0.15) is 5.16 Å². The summed E-state index contributed by atoms with van der Waals surface area (Å²) in [5.74, 6) is -1.22. The maximum atomic E-state index is 12.2. The second-order valence-electron chi connectivity index (χ2n) is 3.26. The maximum Gasteiger partial charge on any atom is 0.378 e. The van der Waals surface area contributed by atoms with E-state index in [-0.39, 0.29) is 10.7 Å². The van der Waals surface area contributed by atoms with Crippen LogP contribution in [0.15, 0.2) is 49.4 Å². The van der Waals surface area contributed by atoms with Crippen LogP contribution >= 0.6 is 0 Å². The number of carbonyl (C=O) groups excluding carboxylic acids is 1. The van der Waals surface area contributed by atoms with Crippen molar-refractivity contribution in [3.05, 3.63) is 46.4 Å². The van der Waals surface area contributed by atoms with Gasteiger partial charge < -0.3 is 9.26 Å². The van der Waals surface area contributed by atoms with E-state index in [1.807, 2.05) is 5.16 Å². The second kappa shape index (κ2) is 5.01. The average Bonchev–Trinajstić information content (AvgIpc) is 2.80. The first-order valence-electron chi connectivity index (χ1n) is 4.91. The Kier molecular flexibility index (Phi) is 3.42. The normalized spacial score (nSPS) is 12.1. The van der Waals surface area contributed by atoms with E-state index in [4.69, 9.17) is 0 Å². The zero-order valence-electron chi connectivity index (χ0n) is 9.34. The van der Waals surface area contributed by atoms with Crippen LogP contribution in [0.25, 0.3) is 0 Å². The molecule has 0 saturated carbocycles. The molecule has 0 amide bonds. The van der Waals surface area contributed by atoms with Crippen molar-refractivity contribution in [3.8, 4) is 0 Å². The fourth-order valence-electron chi connectivity index (χ4n) is 1.35. The van der Waals surface area contributed by atoms with Gasteiger partial charge in [0.1, 0.15) is 0 Å². The standard InChI is InChI=1S/C11H9NO5S/c1-16-11(14)8-9(10(13)12-17-8)18(15)7-5-3-2-4-6-7/h2-6H,1H3,(H,12,13). The van der Waals surface area contributed by atoms with Crippen molar-refractivity contribution in [2.45, 2.75) is 9.79 Å². The highest BCUT2D eigenvalue weighted by molar-refractivity contribution is 7.85. The van der Waals surface area contributed by atoms with Crippen LogP contribution in [0, 0.1) is 0 Å². The molecule has 0 spiro atoms. The summed E-state index contributed by atoms with van der Waals surface area (Å²) in [5.41, 5.74) is -0.711. The van der Waals surface area contributed by atoms with E-state index in [1.54, 1.807) is 30.3 Å². The van der Waals surface area contributed by atoms with Crippen molar-refractivity contribution in [3.63, 3.8) is 0 Å². The molecule has 6 nitrogen and oxygen atoms in total. The molecular weight excluding hydrogens is 258 g/mol. The number of nitrogens with one attached hydrogen (secondary N) is 1. The Morgan fingerprint density at radius 2 is 2.00 bits per heavy atom. The van der Waals surface area contributed by atoms with E-state index in [0.717, 1.165) is 7.11 Å². The molecule has 0 bridgehead atoms. The highest BCUT2D eigenvalue weighted by Gasteiger charge is 2.26. The van der Waals surface area contributed by atoms with Crippen molar-refractivity contribution in [1.82, 2.24) is 5.16 Å². The largest absolute Gasteiger partial charge is 0.463 e. The van der Waals surface area contributed by atoms with Gasteiger partial charge in [0.25, 0.3) is 11.3 Å².